The van der Waals surface area contributed by atoms with Crippen LogP contribution in [0.4, 0.5) is 4.39 Å². The summed E-state index contributed by atoms with van der Waals surface area (Å²) in [5.41, 5.74) is 5.93. The van der Waals surface area contributed by atoms with Crippen molar-refractivity contribution in [3.63, 3.8) is 0 Å². The molecule has 280 valence electrons. The lowest BCUT2D eigenvalue weighted by molar-refractivity contribution is -0.145. The van der Waals surface area contributed by atoms with Crippen LogP contribution in [0.2, 0.25) is 0 Å². The lowest BCUT2D eigenvalue weighted by Crippen LogP contribution is -2.64. The van der Waals surface area contributed by atoms with E-state index in [-0.39, 0.29) is 31.3 Å². The largest absolute Gasteiger partial charge is 0.391 e. The molecule has 1 unspecified atom stereocenters. The number of carbonyl (C=O) groups excluding carboxylic acids is 5. The first-order chi connectivity index (χ1) is 23.3. The van der Waals surface area contributed by atoms with Crippen LogP contribution in [0.1, 0.15) is 98.3 Å². The third kappa shape index (κ3) is 11.6. The first-order valence-corrected chi connectivity index (χ1v) is 18.4. The molecule has 7 atom stereocenters. The number of carbonyl (C=O) groups is 5. The van der Waals surface area contributed by atoms with Crippen LogP contribution in [0, 0.1) is 17.8 Å². The number of nitrogens with two attached hydrogens (primary N) is 1. The first kappa shape index (κ1) is 40.6. The smallest absolute Gasteiger partial charge is 0.245 e. The molecule has 49 heavy (non-hydrogen) atoms. The fraction of sp³-hybridized carbons (Fsp3) is 0.857. The molecular formula is C35H62FN7O6. The number of nitrogens with one attached hydrogen (secondary N) is 4. The van der Waals surface area contributed by atoms with Crippen LogP contribution in [-0.4, -0.2) is 120 Å². The van der Waals surface area contributed by atoms with Crippen LogP contribution >= 0.6 is 0 Å². The van der Waals surface area contributed by atoms with Gasteiger partial charge in [-0.3, -0.25) is 33.3 Å². The van der Waals surface area contributed by atoms with E-state index in [1.54, 1.807) is 14.0 Å². The van der Waals surface area contributed by atoms with E-state index in [1.807, 2.05) is 18.7 Å². The predicted octanol–water partition coefficient (Wildman–Crippen LogP) is 0.972. The molecule has 0 spiro atoms. The highest BCUT2D eigenvalue weighted by Crippen LogP contribution is 2.29. The van der Waals surface area contributed by atoms with Gasteiger partial charge in [-0.05, 0) is 63.7 Å². The van der Waals surface area contributed by atoms with E-state index < -0.39 is 78.6 Å². The second-order valence-corrected chi connectivity index (χ2v) is 15.0. The number of aliphatic hydroxyl groups excluding tert-OH is 1. The summed E-state index contributed by atoms with van der Waals surface area (Å²) in [5, 5.41) is 21.6. The summed E-state index contributed by atoms with van der Waals surface area (Å²) >= 11 is 0. The van der Waals surface area contributed by atoms with E-state index in [0.717, 1.165) is 44.9 Å². The number of rotatable bonds is 9. The SMILES string of the molecule is CC(C)C[C@H]1C(=O)NC(C2CCCCC2)C(=O)N[C@@H](CN)C(=O)N[C@@H]([C@H](C)O)C(=O)N[C@H](C)CN(CC2CCCC2)[C@@H](CCF)C(=O)N1C. The van der Waals surface area contributed by atoms with Gasteiger partial charge in [0.25, 0.3) is 0 Å². The number of alkyl halides is 1. The molecule has 1 heterocycles. The summed E-state index contributed by atoms with van der Waals surface area (Å²) in [6.07, 6.45) is 7.19. The maximum absolute atomic E-state index is 14.4. The molecule has 0 bridgehead atoms. The molecule has 3 aliphatic rings. The molecule has 0 radical (unpaired) electrons. The van der Waals surface area contributed by atoms with Crippen molar-refractivity contribution in [2.45, 2.75) is 141 Å². The van der Waals surface area contributed by atoms with Crippen LogP contribution in [0.3, 0.4) is 0 Å². The quantitative estimate of drug-likeness (QED) is 0.206. The molecular weight excluding hydrogens is 633 g/mol. The summed E-state index contributed by atoms with van der Waals surface area (Å²) in [5.74, 6) is -2.75. The highest BCUT2D eigenvalue weighted by molar-refractivity contribution is 5.96. The van der Waals surface area contributed by atoms with Crippen molar-refractivity contribution in [3.8, 4) is 0 Å². The minimum Gasteiger partial charge on any atom is -0.391 e. The number of hydrogen-bond donors (Lipinski definition) is 6. The number of nitrogens with zero attached hydrogens (tertiary/aromatic N) is 2. The van der Waals surface area contributed by atoms with Gasteiger partial charge in [-0.2, -0.15) is 0 Å². The Morgan fingerprint density at radius 2 is 1.47 bits per heavy atom. The minimum atomic E-state index is -1.36. The lowest BCUT2D eigenvalue weighted by Gasteiger charge is -2.39. The summed E-state index contributed by atoms with van der Waals surface area (Å²) in [6, 6.07) is -5.97. The van der Waals surface area contributed by atoms with Crippen LogP contribution in [0.25, 0.3) is 0 Å². The summed E-state index contributed by atoms with van der Waals surface area (Å²) in [7, 11) is 1.56. The van der Waals surface area contributed by atoms with E-state index in [1.165, 1.54) is 11.8 Å². The summed E-state index contributed by atoms with van der Waals surface area (Å²) < 4.78 is 14.2. The fourth-order valence-electron chi connectivity index (χ4n) is 7.69. The van der Waals surface area contributed by atoms with E-state index in [2.05, 4.69) is 21.3 Å². The number of aliphatic hydroxyl groups is 1. The third-order valence-electron chi connectivity index (χ3n) is 10.4. The van der Waals surface area contributed by atoms with Crippen molar-refractivity contribution in [3.05, 3.63) is 0 Å². The molecule has 13 nitrogen and oxygen atoms in total. The van der Waals surface area contributed by atoms with Gasteiger partial charge in [0.2, 0.25) is 29.5 Å². The van der Waals surface area contributed by atoms with Crippen molar-refractivity contribution < 1.29 is 33.5 Å². The molecule has 5 amide bonds. The Hall–Kier alpha value is -2.84. The molecule has 3 fully saturated rings. The molecule has 0 aromatic heterocycles. The second-order valence-electron chi connectivity index (χ2n) is 15.0. The Labute approximate surface area is 291 Å². The van der Waals surface area contributed by atoms with Gasteiger partial charge in [0.1, 0.15) is 24.2 Å². The molecule has 0 aromatic carbocycles. The summed E-state index contributed by atoms with van der Waals surface area (Å²) in [6.45, 7) is 6.71. The van der Waals surface area contributed by atoms with Crippen molar-refractivity contribution in [1.82, 2.24) is 31.1 Å². The molecule has 2 aliphatic carbocycles. The van der Waals surface area contributed by atoms with Crippen molar-refractivity contribution >= 4 is 29.5 Å². The Kier molecular flexibility index (Phi) is 16.2. The summed E-state index contributed by atoms with van der Waals surface area (Å²) in [4.78, 5) is 72.7. The predicted molar refractivity (Wildman–Crippen MR) is 185 cm³/mol. The number of likely N-dealkylation sites (N-methyl/N-ethyl adjacent to an activating group) is 1. The third-order valence-corrected chi connectivity index (χ3v) is 10.4. The number of amides is 5. The molecule has 1 saturated heterocycles. The van der Waals surface area contributed by atoms with Gasteiger partial charge in [0.15, 0.2) is 0 Å². The maximum Gasteiger partial charge on any atom is 0.245 e. The zero-order chi connectivity index (χ0) is 36.2. The van der Waals surface area contributed by atoms with Gasteiger partial charge in [0, 0.05) is 39.1 Å². The van der Waals surface area contributed by atoms with Crippen molar-refractivity contribution in [2.24, 2.45) is 23.5 Å². The van der Waals surface area contributed by atoms with Gasteiger partial charge in [-0.15, -0.1) is 0 Å². The molecule has 2 saturated carbocycles. The molecule has 14 heteroatoms. The number of halogens is 1. The van der Waals surface area contributed by atoms with Crippen LogP contribution in [-0.2, 0) is 24.0 Å². The van der Waals surface area contributed by atoms with E-state index in [9.17, 15) is 33.5 Å². The van der Waals surface area contributed by atoms with E-state index >= 15 is 0 Å². The van der Waals surface area contributed by atoms with Gasteiger partial charge in [-0.25, -0.2) is 0 Å². The van der Waals surface area contributed by atoms with Crippen LogP contribution in [0.15, 0.2) is 0 Å². The maximum atomic E-state index is 14.4. The van der Waals surface area contributed by atoms with Crippen LogP contribution in [0.5, 0.6) is 0 Å². The van der Waals surface area contributed by atoms with Crippen LogP contribution < -0.4 is 27.0 Å². The molecule has 3 rings (SSSR count). The van der Waals surface area contributed by atoms with Crippen molar-refractivity contribution in [2.75, 3.05) is 33.4 Å². The van der Waals surface area contributed by atoms with Gasteiger partial charge < -0.3 is 37.0 Å². The normalized spacial score (nSPS) is 30.7. The Bertz CT molecular complexity index is 1110. The minimum absolute atomic E-state index is 0.0162. The van der Waals surface area contributed by atoms with E-state index in [0.29, 0.717) is 31.7 Å². The molecule has 1 aliphatic heterocycles. The van der Waals surface area contributed by atoms with Crippen molar-refractivity contribution in [1.29, 1.82) is 0 Å². The monoisotopic (exact) mass is 695 g/mol. The Morgan fingerprint density at radius 1 is 0.837 bits per heavy atom. The highest BCUT2D eigenvalue weighted by Gasteiger charge is 2.40. The topological polar surface area (TPSA) is 186 Å². The van der Waals surface area contributed by atoms with Gasteiger partial charge in [0.05, 0.1) is 18.8 Å². The Morgan fingerprint density at radius 3 is 2.04 bits per heavy atom. The molecule has 0 aromatic rings. The Balaban J connectivity index is 2.09. The van der Waals surface area contributed by atoms with E-state index in [4.69, 9.17) is 5.73 Å². The zero-order valence-corrected chi connectivity index (χ0v) is 30.2. The molecule has 7 N–H and O–H groups in total. The zero-order valence-electron chi connectivity index (χ0n) is 30.2. The highest BCUT2D eigenvalue weighted by atomic mass is 19.1. The van der Waals surface area contributed by atoms with Gasteiger partial charge in [-0.1, -0.05) is 46.0 Å². The fourth-order valence-corrected chi connectivity index (χ4v) is 7.69. The lowest BCUT2D eigenvalue weighted by atomic mass is 9.83. The second kappa shape index (κ2) is 19.5. The first-order valence-electron chi connectivity index (χ1n) is 18.4. The average molecular weight is 696 g/mol. The van der Waals surface area contributed by atoms with Gasteiger partial charge >= 0.3 is 0 Å². The average Bonchev–Trinajstić information content (AvgIpc) is 3.57. The number of hydrogen-bond acceptors (Lipinski definition) is 8. The standard InChI is InChI=1S/C35H62FN7O6/c1-21(2)17-28-32(46)41-30(25-13-7-6-8-14-25)34(48)39-26(18-37)31(45)40-29(23(4)44)33(47)38-22(3)19-43(20-24-11-9-10-12-24)27(15-16-36)35(49)42(28)5/h21-30,44H,6-20,37H2,1-5H3,(H,38,47)(H,39,48)(H,40,45)(H,41,46)/t22-,23+,26+,27+,28+,29+,30?/m1/s1.